The maximum atomic E-state index is 12.8. The average molecular weight is 344 g/mol. The first kappa shape index (κ1) is 16.8. The zero-order valence-electron chi connectivity index (χ0n) is 13.6. The van der Waals surface area contributed by atoms with Crippen molar-refractivity contribution in [3.05, 3.63) is 59.4 Å². The minimum absolute atomic E-state index is 0.205. The second-order valence-corrected chi connectivity index (χ2v) is 5.42. The van der Waals surface area contributed by atoms with Crippen LogP contribution < -0.4 is 14.8 Å². The minimum atomic E-state index is -0.313. The summed E-state index contributed by atoms with van der Waals surface area (Å²) in [7, 11) is 0. The van der Waals surface area contributed by atoms with E-state index in [-0.39, 0.29) is 25.1 Å². The second kappa shape index (κ2) is 7.65. The largest absolute Gasteiger partial charge is 0.454 e. The lowest BCUT2D eigenvalue weighted by Gasteiger charge is -2.06. The van der Waals surface area contributed by atoms with Gasteiger partial charge in [-0.2, -0.15) is 0 Å². The Labute approximate surface area is 144 Å². The van der Waals surface area contributed by atoms with Crippen LogP contribution in [0.2, 0.25) is 0 Å². The van der Waals surface area contributed by atoms with E-state index in [2.05, 4.69) is 10.5 Å². The molecule has 0 bridgehead atoms. The molecule has 1 heterocycles. The summed E-state index contributed by atoms with van der Waals surface area (Å²) >= 11 is 0. The maximum absolute atomic E-state index is 12.8. The molecule has 0 aliphatic carbocycles. The molecule has 0 saturated carbocycles. The van der Waals surface area contributed by atoms with Crippen molar-refractivity contribution in [1.29, 1.82) is 0 Å². The van der Waals surface area contributed by atoms with E-state index in [0.717, 1.165) is 11.1 Å². The molecular weight excluding hydrogens is 327 g/mol. The van der Waals surface area contributed by atoms with E-state index in [0.29, 0.717) is 23.8 Å². The van der Waals surface area contributed by atoms with Crippen LogP contribution in [0.1, 0.15) is 18.1 Å². The SMILES string of the molecule is C/C(=N\OCC(=O)NCc1ccc(F)cc1)c1ccc2c(c1)OCO2. The van der Waals surface area contributed by atoms with Gasteiger partial charge in [0.15, 0.2) is 18.1 Å². The first-order valence-electron chi connectivity index (χ1n) is 7.69. The van der Waals surface area contributed by atoms with Crippen molar-refractivity contribution in [2.45, 2.75) is 13.5 Å². The number of nitrogens with one attached hydrogen (secondary N) is 1. The predicted octanol–water partition coefficient (Wildman–Crippen LogP) is 2.61. The van der Waals surface area contributed by atoms with E-state index < -0.39 is 0 Å². The fraction of sp³-hybridized carbons (Fsp3) is 0.222. The molecule has 1 N–H and O–H groups in total. The van der Waals surface area contributed by atoms with Gasteiger partial charge in [-0.1, -0.05) is 17.3 Å². The molecule has 1 aliphatic heterocycles. The van der Waals surface area contributed by atoms with Crippen molar-refractivity contribution in [3.8, 4) is 11.5 Å². The normalized spacial score (nSPS) is 12.8. The average Bonchev–Trinajstić information content (AvgIpc) is 3.09. The quantitative estimate of drug-likeness (QED) is 0.646. The van der Waals surface area contributed by atoms with Crippen LogP contribution in [0.4, 0.5) is 4.39 Å². The van der Waals surface area contributed by atoms with Crippen LogP contribution in [0.25, 0.3) is 0 Å². The summed E-state index contributed by atoms with van der Waals surface area (Å²) in [5.74, 6) is 0.722. The van der Waals surface area contributed by atoms with Crippen molar-refractivity contribution in [2.24, 2.45) is 5.16 Å². The number of nitrogens with zero attached hydrogens (tertiary/aromatic N) is 1. The molecule has 0 spiro atoms. The molecule has 1 amide bonds. The monoisotopic (exact) mass is 344 g/mol. The Morgan fingerprint density at radius 1 is 1.20 bits per heavy atom. The number of benzene rings is 2. The Bertz CT molecular complexity index is 790. The lowest BCUT2D eigenvalue weighted by Crippen LogP contribution is -2.26. The maximum Gasteiger partial charge on any atom is 0.261 e. The molecule has 130 valence electrons. The highest BCUT2D eigenvalue weighted by atomic mass is 19.1. The third-order valence-electron chi connectivity index (χ3n) is 3.59. The molecule has 0 atom stereocenters. The molecule has 0 unspecified atom stereocenters. The number of oxime groups is 1. The lowest BCUT2D eigenvalue weighted by atomic mass is 10.1. The van der Waals surface area contributed by atoms with E-state index in [4.69, 9.17) is 14.3 Å². The number of ether oxygens (including phenoxy) is 2. The van der Waals surface area contributed by atoms with Gasteiger partial charge in [-0.05, 0) is 42.8 Å². The van der Waals surface area contributed by atoms with E-state index in [9.17, 15) is 9.18 Å². The second-order valence-electron chi connectivity index (χ2n) is 5.42. The highest BCUT2D eigenvalue weighted by Crippen LogP contribution is 2.32. The molecule has 6 nitrogen and oxygen atoms in total. The molecular formula is C18H17FN2O4. The summed E-state index contributed by atoms with van der Waals surface area (Å²) in [5, 5.41) is 6.61. The third-order valence-corrected chi connectivity index (χ3v) is 3.59. The van der Waals surface area contributed by atoms with Gasteiger partial charge in [0.25, 0.3) is 5.91 Å². The molecule has 2 aromatic carbocycles. The first-order chi connectivity index (χ1) is 12.1. The van der Waals surface area contributed by atoms with Gasteiger partial charge < -0.3 is 19.6 Å². The fourth-order valence-electron chi connectivity index (χ4n) is 2.22. The molecule has 1 aliphatic rings. The number of hydrogen-bond acceptors (Lipinski definition) is 5. The van der Waals surface area contributed by atoms with Gasteiger partial charge in [0, 0.05) is 12.1 Å². The van der Waals surface area contributed by atoms with E-state index in [1.807, 2.05) is 6.07 Å². The van der Waals surface area contributed by atoms with Crippen LogP contribution in [0.3, 0.4) is 0 Å². The summed E-state index contributed by atoms with van der Waals surface area (Å²) in [4.78, 5) is 16.8. The Morgan fingerprint density at radius 2 is 1.96 bits per heavy atom. The number of carbonyl (C=O) groups is 1. The van der Waals surface area contributed by atoms with E-state index in [1.165, 1.54) is 12.1 Å². The van der Waals surface area contributed by atoms with Gasteiger partial charge in [0.2, 0.25) is 6.79 Å². The van der Waals surface area contributed by atoms with Gasteiger partial charge >= 0.3 is 0 Å². The molecule has 0 aromatic heterocycles. The highest BCUT2D eigenvalue weighted by Gasteiger charge is 2.14. The van der Waals surface area contributed by atoms with Gasteiger partial charge in [0.1, 0.15) is 5.82 Å². The lowest BCUT2D eigenvalue weighted by molar-refractivity contribution is -0.125. The summed E-state index contributed by atoms with van der Waals surface area (Å²) in [5.41, 5.74) is 2.23. The van der Waals surface area contributed by atoms with Gasteiger partial charge in [-0.15, -0.1) is 0 Å². The van der Waals surface area contributed by atoms with Gasteiger partial charge in [-0.25, -0.2) is 4.39 Å². The van der Waals surface area contributed by atoms with Crippen molar-refractivity contribution >= 4 is 11.6 Å². The Balaban J connectivity index is 1.47. The van der Waals surface area contributed by atoms with Crippen molar-refractivity contribution in [1.82, 2.24) is 5.32 Å². The number of amides is 1. The molecule has 25 heavy (non-hydrogen) atoms. The Morgan fingerprint density at radius 3 is 2.76 bits per heavy atom. The van der Waals surface area contributed by atoms with E-state index in [1.54, 1.807) is 31.2 Å². The highest BCUT2D eigenvalue weighted by molar-refractivity contribution is 5.99. The molecule has 7 heteroatoms. The summed E-state index contributed by atoms with van der Waals surface area (Å²) in [6, 6.07) is 11.3. The minimum Gasteiger partial charge on any atom is -0.454 e. The molecule has 2 aromatic rings. The number of fused-ring (bicyclic) bond motifs is 1. The summed E-state index contributed by atoms with van der Waals surface area (Å²) < 4.78 is 23.4. The Kier molecular flexibility index (Phi) is 5.13. The van der Waals surface area contributed by atoms with Crippen LogP contribution in [-0.4, -0.2) is 25.0 Å². The van der Waals surface area contributed by atoms with Crippen LogP contribution >= 0.6 is 0 Å². The van der Waals surface area contributed by atoms with Crippen LogP contribution in [0.15, 0.2) is 47.6 Å². The molecule has 0 fully saturated rings. The molecule has 0 radical (unpaired) electrons. The zero-order valence-corrected chi connectivity index (χ0v) is 13.6. The number of rotatable bonds is 6. The zero-order chi connectivity index (χ0) is 17.6. The molecule has 0 saturated heterocycles. The number of halogens is 1. The van der Waals surface area contributed by atoms with Crippen LogP contribution in [0.5, 0.6) is 11.5 Å². The smallest absolute Gasteiger partial charge is 0.261 e. The fourth-order valence-corrected chi connectivity index (χ4v) is 2.22. The van der Waals surface area contributed by atoms with Gasteiger partial charge in [-0.3, -0.25) is 4.79 Å². The van der Waals surface area contributed by atoms with E-state index >= 15 is 0 Å². The van der Waals surface area contributed by atoms with Crippen molar-refractivity contribution in [3.63, 3.8) is 0 Å². The van der Waals surface area contributed by atoms with Gasteiger partial charge in [0.05, 0.1) is 5.71 Å². The van der Waals surface area contributed by atoms with Crippen LogP contribution in [-0.2, 0) is 16.2 Å². The molecule has 3 rings (SSSR count). The summed E-state index contributed by atoms with van der Waals surface area (Å²) in [6.45, 7) is 2.07. The Hall–Kier alpha value is -3.09. The topological polar surface area (TPSA) is 69.2 Å². The number of hydrogen-bond donors (Lipinski definition) is 1. The third kappa shape index (κ3) is 4.47. The van der Waals surface area contributed by atoms with Crippen LogP contribution in [0, 0.1) is 5.82 Å². The summed E-state index contributed by atoms with van der Waals surface area (Å²) in [6.07, 6.45) is 0. The van der Waals surface area contributed by atoms with Crippen molar-refractivity contribution < 1.29 is 23.5 Å². The standard InChI is InChI=1S/C18H17FN2O4/c1-12(14-4-7-16-17(8-14)24-11-23-16)21-25-10-18(22)20-9-13-2-5-15(19)6-3-13/h2-8H,9-11H2,1H3,(H,20,22)/b21-12+. The predicted molar refractivity (Wildman–Crippen MR) is 89.0 cm³/mol. The van der Waals surface area contributed by atoms with Crippen molar-refractivity contribution in [2.75, 3.05) is 13.4 Å². The number of carbonyl (C=O) groups excluding carboxylic acids is 1. The first-order valence-corrected chi connectivity index (χ1v) is 7.69.